The van der Waals surface area contributed by atoms with Crippen molar-refractivity contribution in [3.63, 3.8) is 0 Å². The molecule has 1 aromatic rings. The van der Waals surface area contributed by atoms with E-state index in [0.717, 1.165) is 24.0 Å². The first-order chi connectivity index (χ1) is 8.65. The van der Waals surface area contributed by atoms with Gasteiger partial charge in [0, 0.05) is 13.0 Å². The monoisotopic (exact) mass is 245 g/mol. The van der Waals surface area contributed by atoms with E-state index in [4.69, 9.17) is 5.73 Å². The van der Waals surface area contributed by atoms with Crippen LogP contribution in [-0.4, -0.2) is 23.3 Å². The summed E-state index contributed by atoms with van der Waals surface area (Å²) in [7, 11) is 0. The first-order valence-corrected chi connectivity index (χ1v) is 6.22. The quantitative estimate of drug-likeness (QED) is 0.869. The van der Waals surface area contributed by atoms with Gasteiger partial charge in [-0.2, -0.15) is 0 Å². The minimum Gasteiger partial charge on any atom is -0.368 e. The molecule has 4 nitrogen and oxygen atoms in total. The predicted octanol–water partition coefficient (Wildman–Crippen LogP) is 1.20. The molecular weight excluding hydrogens is 228 g/mol. The summed E-state index contributed by atoms with van der Waals surface area (Å²) in [4.78, 5) is 25.3. The molecule has 18 heavy (non-hydrogen) atoms. The minimum atomic E-state index is -0.623. The molecule has 4 heteroatoms. The Labute approximate surface area is 107 Å². The number of amides is 2. The molecule has 2 rings (SSSR count). The fraction of sp³-hybridized carbons (Fsp3) is 0.429. The van der Waals surface area contributed by atoms with Gasteiger partial charge < -0.3 is 10.6 Å². The topological polar surface area (TPSA) is 63.4 Å². The maximum Gasteiger partial charge on any atom is 0.244 e. The van der Waals surface area contributed by atoms with Crippen molar-refractivity contribution in [1.82, 2.24) is 4.90 Å². The molecule has 1 aliphatic heterocycles. The maximum absolute atomic E-state index is 12.0. The summed E-state index contributed by atoms with van der Waals surface area (Å²) in [6.07, 6.45) is 1.99. The van der Waals surface area contributed by atoms with E-state index in [-0.39, 0.29) is 5.91 Å². The Morgan fingerprint density at radius 3 is 3.00 bits per heavy atom. The molecule has 1 aromatic carbocycles. The molecule has 1 aliphatic rings. The van der Waals surface area contributed by atoms with Crippen LogP contribution in [0.3, 0.4) is 0 Å². The first-order valence-electron chi connectivity index (χ1n) is 6.22. The van der Waals surface area contributed by atoms with Crippen molar-refractivity contribution in [2.75, 3.05) is 6.54 Å². The molecule has 0 bridgehead atoms. The molecule has 0 aromatic heterocycles. The zero-order chi connectivity index (χ0) is 13.1. The van der Waals surface area contributed by atoms with Crippen LogP contribution in [0.2, 0.25) is 0 Å². The number of fused-ring (bicyclic) bond motifs is 1. The lowest BCUT2D eigenvalue weighted by Gasteiger charge is -2.35. The highest BCUT2D eigenvalue weighted by Gasteiger charge is 2.33. The smallest absolute Gasteiger partial charge is 0.244 e. The van der Waals surface area contributed by atoms with Gasteiger partial charge in [0.1, 0.15) is 6.04 Å². The van der Waals surface area contributed by atoms with Gasteiger partial charge in [0.15, 0.2) is 0 Å². The maximum atomic E-state index is 12.0. The molecule has 2 N–H and O–H groups in total. The van der Waals surface area contributed by atoms with E-state index in [1.165, 1.54) is 0 Å². The molecule has 95 valence electrons. The minimum absolute atomic E-state index is 0.000201. The van der Waals surface area contributed by atoms with Crippen LogP contribution in [0.25, 0.3) is 0 Å². The Morgan fingerprint density at radius 2 is 2.33 bits per heavy atom. The van der Waals surface area contributed by atoms with Gasteiger partial charge in [-0.15, -0.1) is 0 Å². The van der Waals surface area contributed by atoms with Crippen molar-refractivity contribution in [1.29, 1.82) is 0 Å². The molecule has 2 amide bonds. The first kappa shape index (κ1) is 12.6. The second-order valence-electron chi connectivity index (χ2n) is 4.52. The third-order valence-corrected chi connectivity index (χ3v) is 3.27. The number of nitrogens with zero attached hydrogens (tertiary/aromatic N) is 1. The van der Waals surface area contributed by atoms with Crippen LogP contribution in [0.1, 0.15) is 36.9 Å². The van der Waals surface area contributed by atoms with Gasteiger partial charge in [0.2, 0.25) is 11.8 Å². The highest BCUT2D eigenvalue weighted by atomic mass is 16.2. The van der Waals surface area contributed by atoms with Crippen LogP contribution >= 0.6 is 0 Å². The number of primary amides is 1. The van der Waals surface area contributed by atoms with Gasteiger partial charge in [0.05, 0.1) is 0 Å². The van der Waals surface area contributed by atoms with Crippen LogP contribution < -0.4 is 5.73 Å². The van der Waals surface area contributed by atoms with E-state index >= 15 is 0 Å². The average Bonchev–Trinajstić information content (AvgIpc) is 2.37. The molecule has 0 saturated carbocycles. The Kier molecular flexibility index (Phi) is 3.65. The number of nitrogens with two attached hydrogens (primary N) is 1. The number of benzene rings is 1. The fourth-order valence-electron chi connectivity index (χ4n) is 2.43. The zero-order valence-corrected chi connectivity index (χ0v) is 10.5. The van der Waals surface area contributed by atoms with Crippen molar-refractivity contribution in [3.05, 3.63) is 35.4 Å². The van der Waals surface area contributed by atoms with Crippen molar-refractivity contribution >= 4 is 11.8 Å². The molecule has 1 unspecified atom stereocenters. The molecule has 0 spiro atoms. The molecule has 0 saturated heterocycles. The summed E-state index contributed by atoms with van der Waals surface area (Å²) < 4.78 is 0. The van der Waals surface area contributed by atoms with Crippen LogP contribution in [-0.2, 0) is 16.0 Å². The van der Waals surface area contributed by atoms with E-state index in [1.54, 1.807) is 11.0 Å². The van der Waals surface area contributed by atoms with E-state index in [2.05, 4.69) is 6.07 Å². The summed E-state index contributed by atoms with van der Waals surface area (Å²) in [5.41, 5.74) is 7.37. The second kappa shape index (κ2) is 5.21. The number of hydrogen-bond acceptors (Lipinski definition) is 2. The molecule has 1 heterocycles. The number of rotatable bonds is 3. The van der Waals surface area contributed by atoms with Gasteiger partial charge in [-0.1, -0.05) is 25.1 Å². The van der Waals surface area contributed by atoms with Gasteiger partial charge in [-0.3, -0.25) is 9.59 Å². The van der Waals surface area contributed by atoms with Crippen molar-refractivity contribution < 1.29 is 9.59 Å². The van der Waals surface area contributed by atoms with Gasteiger partial charge in [0.25, 0.3) is 0 Å². The third-order valence-electron chi connectivity index (χ3n) is 3.27. The van der Waals surface area contributed by atoms with Crippen LogP contribution in [0.5, 0.6) is 0 Å². The van der Waals surface area contributed by atoms with Crippen molar-refractivity contribution in [3.8, 4) is 0 Å². The normalized spacial score (nSPS) is 18.3. The number of carbonyl (C=O) groups is 2. The summed E-state index contributed by atoms with van der Waals surface area (Å²) in [5, 5.41) is 0. The Bertz CT molecular complexity index is 471. The zero-order valence-electron chi connectivity index (χ0n) is 10.5. The molecule has 0 fully saturated rings. The van der Waals surface area contributed by atoms with Gasteiger partial charge in [-0.05, 0) is 30.0 Å². The lowest BCUT2D eigenvalue weighted by Crippen LogP contribution is -2.45. The second-order valence-corrected chi connectivity index (χ2v) is 4.52. The van der Waals surface area contributed by atoms with Crippen molar-refractivity contribution in [2.45, 2.75) is 32.2 Å². The lowest BCUT2D eigenvalue weighted by atomic mass is 9.92. The van der Waals surface area contributed by atoms with Crippen LogP contribution in [0.4, 0.5) is 0 Å². The highest BCUT2D eigenvalue weighted by molar-refractivity contribution is 5.88. The molecule has 1 atom stereocenters. The van der Waals surface area contributed by atoms with Gasteiger partial charge >= 0.3 is 0 Å². The van der Waals surface area contributed by atoms with Crippen molar-refractivity contribution in [2.24, 2.45) is 5.73 Å². The third kappa shape index (κ3) is 2.23. The molecular formula is C14H17N2O2. The highest BCUT2D eigenvalue weighted by Crippen LogP contribution is 2.29. The molecule has 0 aliphatic carbocycles. The summed E-state index contributed by atoms with van der Waals surface area (Å²) in [6, 6.07) is 7.82. The number of carbonyl (C=O) groups excluding carboxylic acids is 2. The largest absolute Gasteiger partial charge is 0.368 e. The van der Waals surface area contributed by atoms with E-state index in [1.807, 2.05) is 19.1 Å². The Morgan fingerprint density at radius 1 is 1.56 bits per heavy atom. The van der Waals surface area contributed by atoms with Crippen LogP contribution in [0, 0.1) is 6.07 Å². The van der Waals surface area contributed by atoms with E-state index in [9.17, 15) is 9.59 Å². The predicted molar refractivity (Wildman–Crippen MR) is 67.5 cm³/mol. The van der Waals surface area contributed by atoms with Gasteiger partial charge in [-0.25, -0.2) is 0 Å². The Balaban J connectivity index is 2.35. The summed E-state index contributed by atoms with van der Waals surface area (Å²) in [5.74, 6) is -0.466. The number of hydrogen-bond donors (Lipinski definition) is 1. The van der Waals surface area contributed by atoms with E-state index < -0.39 is 11.9 Å². The SMILES string of the molecule is CCCC(=O)N1CCc2c[c]ccc2C1C(N)=O. The fourth-order valence-corrected chi connectivity index (χ4v) is 2.43. The van der Waals surface area contributed by atoms with E-state index in [0.29, 0.717) is 13.0 Å². The lowest BCUT2D eigenvalue weighted by molar-refractivity contribution is -0.140. The van der Waals surface area contributed by atoms with Crippen LogP contribution in [0.15, 0.2) is 18.2 Å². The average molecular weight is 245 g/mol. The summed E-state index contributed by atoms with van der Waals surface area (Å²) in [6.45, 7) is 2.50. The Hall–Kier alpha value is -1.84. The molecule has 1 radical (unpaired) electrons. The summed E-state index contributed by atoms with van der Waals surface area (Å²) >= 11 is 0. The standard InChI is InChI=1S/C14H17N2O2/c1-2-5-12(17)16-9-8-10-6-3-4-7-11(10)13(16)14(15)18/h4,6-7,13H,2,5,8-9H2,1H3,(H2,15,18).